The third-order valence-electron chi connectivity index (χ3n) is 3.26. The Morgan fingerprint density at radius 1 is 1.33 bits per heavy atom. The zero-order chi connectivity index (χ0) is 15.4. The molecule has 0 aliphatic carbocycles. The highest BCUT2D eigenvalue weighted by Gasteiger charge is 2.20. The smallest absolute Gasteiger partial charge is 0.233 e. The third-order valence-corrected chi connectivity index (χ3v) is 4.32. The number of halogens is 2. The molecule has 0 bridgehead atoms. The summed E-state index contributed by atoms with van der Waals surface area (Å²) in [4.78, 5) is 12.4. The molecule has 5 heteroatoms. The molecule has 0 heterocycles. The Morgan fingerprint density at radius 3 is 2.62 bits per heavy atom. The lowest BCUT2D eigenvalue weighted by atomic mass is 9.98. The average Bonchev–Trinajstić information content (AvgIpc) is 2.46. The maximum atomic E-state index is 12.4. The Kier molecular flexibility index (Phi) is 5.39. The van der Waals surface area contributed by atoms with E-state index in [4.69, 9.17) is 17.3 Å². The third kappa shape index (κ3) is 3.84. The standard InChI is InChI=1S/C16H16BrClN2O/c1-10-7-13(17)15(8-14(10)18)20-16(21)12(9-19)11-5-3-2-4-6-11/h2-8,12H,9,19H2,1H3,(H,20,21). The summed E-state index contributed by atoms with van der Waals surface area (Å²) in [6.07, 6.45) is 0. The number of carbonyl (C=O) groups excluding carboxylic acids is 1. The van der Waals surface area contributed by atoms with E-state index in [1.165, 1.54) is 0 Å². The monoisotopic (exact) mass is 366 g/mol. The molecular formula is C16H16BrClN2O. The van der Waals surface area contributed by atoms with Gasteiger partial charge in [0.25, 0.3) is 0 Å². The molecule has 1 amide bonds. The van der Waals surface area contributed by atoms with Crippen molar-refractivity contribution in [2.75, 3.05) is 11.9 Å². The van der Waals surface area contributed by atoms with Gasteiger partial charge in [-0.05, 0) is 46.1 Å². The average molecular weight is 368 g/mol. The Balaban J connectivity index is 2.23. The van der Waals surface area contributed by atoms with E-state index >= 15 is 0 Å². The number of hydrogen-bond acceptors (Lipinski definition) is 2. The van der Waals surface area contributed by atoms with Crippen LogP contribution in [-0.2, 0) is 4.79 Å². The summed E-state index contributed by atoms with van der Waals surface area (Å²) in [7, 11) is 0. The van der Waals surface area contributed by atoms with Crippen molar-refractivity contribution >= 4 is 39.1 Å². The molecular weight excluding hydrogens is 352 g/mol. The lowest BCUT2D eigenvalue weighted by Gasteiger charge is -2.16. The van der Waals surface area contributed by atoms with Gasteiger partial charge in [0.15, 0.2) is 0 Å². The number of benzene rings is 2. The molecule has 0 fully saturated rings. The van der Waals surface area contributed by atoms with Crippen molar-refractivity contribution in [2.45, 2.75) is 12.8 Å². The molecule has 0 spiro atoms. The lowest BCUT2D eigenvalue weighted by molar-refractivity contribution is -0.117. The van der Waals surface area contributed by atoms with Crippen LogP contribution in [0.4, 0.5) is 5.69 Å². The van der Waals surface area contributed by atoms with E-state index in [0.717, 1.165) is 15.6 Å². The molecule has 2 rings (SSSR count). The minimum atomic E-state index is -0.391. The molecule has 1 atom stereocenters. The summed E-state index contributed by atoms with van der Waals surface area (Å²) in [6, 6.07) is 13.1. The molecule has 0 aromatic heterocycles. The van der Waals surface area contributed by atoms with E-state index in [1.807, 2.05) is 43.3 Å². The van der Waals surface area contributed by atoms with E-state index in [2.05, 4.69) is 21.2 Å². The first-order valence-electron chi connectivity index (χ1n) is 6.54. The van der Waals surface area contributed by atoms with Crippen LogP contribution in [0.3, 0.4) is 0 Å². The van der Waals surface area contributed by atoms with Gasteiger partial charge in [-0.1, -0.05) is 41.9 Å². The maximum absolute atomic E-state index is 12.4. The zero-order valence-corrected chi connectivity index (χ0v) is 13.9. The molecule has 0 radical (unpaired) electrons. The van der Waals surface area contributed by atoms with Crippen molar-refractivity contribution in [3.63, 3.8) is 0 Å². The first kappa shape index (κ1) is 16.0. The molecule has 0 saturated heterocycles. The largest absolute Gasteiger partial charge is 0.329 e. The van der Waals surface area contributed by atoms with Crippen LogP contribution in [0.5, 0.6) is 0 Å². The van der Waals surface area contributed by atoms with Crippen LogP contribution in [0.25, 0.3) is 0 Å². The quantitative estimate of drug-likeness (QED) is 0.855. The van der Waals surface area contributed by atoms with Crippen LogP contribution in [-0.4, -0.2) is 12.5 Å². The topological polar surface area (TPSA) is 55.1 Å². The highest BCUT2D eigenvalue weighted by atomic mass is 79.9. The zero-order valence-electron chi connectivity index (χ0n) is 11.6. The van der Waals surface area contributed by atoms with Crippen molar-refractivity contribution in [1.82, 2.24) is 0 Å². The number of carbonyl (C=O) groups is 1. The Bertz CT molecular complexity index is 646. The number of anilines is 1. The minimum Gasteiger partial charge on any atom is -0.329 e. The molecule has 0 aliphatic heterocycles. The fraction of sp³-hybridized carbons (Fsp3) is 0.188. The normalized spacial score (nSPS) is 12.0. The second-order valence-electron chi connectivity index (χ2n) is 4.77. The lowest BCUT2D eigenvalue weighted by Crippen LogP contribution is -2.27. The first-order valence-corrected chi connectivity index (χ1v) is 7.71. The van der Waals surface area contributed by atoms with Gasteiger partial charge in [-0.2, -0.15) is 0 Å². The molecule has 3 nitrogen and oxygen atoms in total. The van der Waals surface area contributed by atoms with E-state index in [9.17, 15) is 4.79 Å². The van der Waals surface area contributed by atoms with Gasteiger partial charge in [-0.25, -0.2) is 0 Å². The van der Waals surface area contributed by atoms with Gasteiger partial charge in [-0.15, -0.1) is 0 Å². The molecule has 2 aromatic rings. The molecule has 1 unspecified atom stereocenters. The molecule has 110 valence electrons. The van der Waals surface area contributed by atoms with E-state index < -0.39 is 5.92 Å². The van der Waals surface area contributed by atoms with Gasteiger partial charge in [0.2, 0.25) is 5.91 Å². The predicted octanol–water partition coefficient (Wildman–Crippen LogP) is 4.09. The predicted molar refractivity (Wildman–Crippen MR) is 90.8 cm³/mol. The van der Waals surface area contributed by atoms with Gasteiger partial charge in [0.1, 0.15) is 0 Å². The van der Waals surface area contributed by atoms with Crippen LogP contribution in [0.15, 0.2) is 46.9 Å². The number of hydrogen-bond donors (Lipinski definition) is 2. The van der Waals surface area contributed by atoms with Crippen LogP contribution in [0.2, 0.25) is 5.02 Å². The van der Waals surface area contributed by atoms with Crippen molar-refractivity contribution < 1.29 is 4.79 Å². The number of nitrogens with one attached hydrogen (secondary N) is 1. The molecule has 3 N–H and O–H groups in total. The number of rotatable bonds is 4. The van der Waals surface area contributed by atoms with Gasteiger partial charge >= 0.3 is 0 Å². The molecule has 21 heavy (non-hydrogen) atoms. The summed E-state index contributed by atoms with van der Waals surface area (Å²) in [5, 5.41) is 3.49. The van der Waals surface area contributed by atoms with Crippen molar-refractivity contribution in [3.8, 4) is 0 Å². The summed E-state index contributed by atoms with van der Waals surface area (Å²) < 4.78 is 0.793. The highest BCUT2D eigenvalue weighted by molar-refractivity contribution is 9.10. The first-order chi connectivity index (χ1) is 10.0. The second kappa shape index (κ2) is 7.07. The van der Waals surface area contributed by atoms with Crippen LogP contribution >= 0.6 is 27.5 Å². The van der Waals surface area contributed by atoms with Crippen LogP contribution < -0.4 is 11.1 Å². The van der Waals surface area contributed by atoms with E-state index in [-0.39, 0.29) is 12.5 Å². The summed E-state index contributed by atoms with van der Waals surface area (Å²) in [5.74, 6) is -0.539. The van der Waals surface area contributed by atoms with Crippen LogP contribution in [0.1, 0.15) is 17.0 Å². The molecule has 2 aromatic carbocycles. The van der Waals surface area contributed by atoms with Gasteiger partial charge < -0.3 is 11.1 Å². The minimum absolute atomic E-state index is 0.149. The number of amides is 1. The van der Waals surface area contributed by atoms with Gasteiger partial charge in [0, 0.05) is 16.0 Å². The van der Waals surface area contributed by atoms with Crippen molar-refractivity contribution in [3.05, 3.63) is 63.1 Å². The fourth-order valence-electron chi connectivity index (χ4n) is 2.04. The van der Waals surface area contributed by atoms with Crippen molar-refractivity contribution in [2.24, 2.45) is 5.73 Å². The summed E-state index contributed by atoms with van der Waals surface area (Å²) in [6.45, 7) is 2.15. The second-order valence-corrected chi connectivity index (χ2v) is 6.03. The summed E-state index contributed by atoms with van der Waals surface area (Å²) in [5.41, 5.74) is 8.24. The van der Waals surface area contributed by atoms with Crippen LogP contribution in [0, 0.1) is 6.92 Å². The maximum Gasteiger partial charge on any atom is 0.233 e. The summed E-state index contributed by atoms with van der Waals surface area (Å²) >= 11 is 9.54. The number of aryl methyl sites for hydroxylation is 1. The Labute approximate surface area is 137 Å². The molecule has 0 aliphatic rings. The fourth-order valence-corrected chi connectivity index (χ4v) is 2.76. The van der Waals surface area contributed by atoms with Gasteiger partial charge in [0.05, 0.1) is 11.6 Å². The molecule has 0 saturated carbocycles. The number of nitrogens with two attached hydrogens (primary N) is 1. The SMILES string of the molecule is Cc1cc(Br)c(NC(=O)C(CN)c2ccccc2)cc1Cl. The Hall–Kier alpha value is -1.36. The van der Waals surface area contributed by atoms with E-state index in [1.54, 1.807) is 6.07 Å². The van der Waals surface area contributed by atoms with Crippen molar-refractivity contribution in [1.29, 1.82) is 0 Å². The van der Waals surface area contributed by atoms with Gasteiger partial charge in [-0.3, -0.25) is 4.79 Å². The Morgan fingerprint density at radius 2 is 2.00 bits per heavy atom. The van der Waals surface area contributed by atoms with E-state index in [0.29, 0.717) is 10.7 Å². The highest BCUT2D eigenvalue weighted by Crippen LogP contribution is 2.30.